The first kappa shape index (κ1) is 12.0. The lowest BCUT2D eigenvalue weighted by Crippen LogP contribution is -2.42. The van der Waals surface area contributed by atoms with Gasteiger partial charge in [0.2, 0.25) is 0 Å². The van der Waals surface area contributed by atoms with E-state index in [1.165, 1.54) is 0 Å². The molecule has 7 nitrogen and oxygen atoms in total. The Morgan fingerprint density at radius 1 is 1.20 bits per heavy atom. The molecule has 106 valence electrons. The highest BCUT2D eigenvalue weighted by molar-refractivity contribution is 5.82. The number of hydrogen-bond acceptors (Lipinski definition) is 6. The maximum absolute atomic E-state index is 5.77. The number of ether oxygens (including phenoxy) is 1. The minimum Gasteiger partial charge on any atom is -0.379 e. The van der Waals surface area contributed by atoms with Crippen LogP contribution in [0.15, 0.2) is 12.7 Å². The third kappa shape index (κ3) is 1.94. The first-order valence-corrected chi connectivity index (χ1v) is 6.98. The molecule has 2 fully saturated rings. The molecule has 2 atom stereocenters. The number of nitrogens with zero attached hydrogens (tertiary/aromatic N) is 5. The average Bonchev–Trinajstić information content (AvgIpc) is 2.76. The largest absolute Gasteiger partial charge is 0.379 e. The lowest BCUT2D eigenvalue weighted by atomic mass is 10.1. The van der Waals surface area contributed by atoms with Gasteiger partial charge in [-0.2, -0.15) is 0 Å². The summed E-state index contributed by atoms with van der Waals surface area (Å²) in [6.07, 6.45) is 3.27. The molecular weight excluding hydrogens is 256 g/mol. The van der Waals surface area contributed by atoms with Crippen LogP contribution in [0.5, 0.6) is 0 Å². The first-order valence-electron chi connectivity index (χ1n) is 6.98. The molecule has 2 aliphatic heterocycles. The van der Waals surface area contributed by atoms with E-state index in [1.807, 2.05) is 0 Å². The molecule has 2 bridgehead atoms. The van der Waals surface area contributed by atoms with Crippen LogP contribution in [0.1, 0.15) is 0 Å². The Balaban J connectivity index is 1.73. The standard InChI is InChI=1S/C13H18N6O/c1-18-2-9-3-19(4-10(18)6-20-5-9)13-11-12(15-7-14-11)16-8-17-13/h7-10H,2-6H2,1H3,(H,14,15,16,17)/t9-,10+/m1/s1. The molecule has 4 heterocycles. The van der Waals surface area contributed by atoms with Crippen molar-refractivity contribution in [2.75, 3.05) is 44.8 Å². The molecule has 7 heteroatoms. The van der Waals surface area contributed by atoms with Crippen molar-refractivity contribution in [3.8, 4) is 0 Å². The van der Waals surface area contributed by atoms with E-state index < -0.39 is 0 Å². The summed E-state index contributed by atoms with van der Waals surface area (Å²) in [7, 11) is 2.18. The number of nitrogens with one attached hydrogen (secondary N) is 1. The molecular formula is C13H18N6O. The SMILES string of the molecule is CN1C[C@H]2COC[C@@H]1CN(c1ncnc3nc[nH]c13)C2. The van der Waals surface area contributed by atoms with Crippen LogP contribution in [-0.2, 0) is 4.74 Å². The molecule has 2 aromatic heterocycles. The molecule has 2 aliphatic rings. The Morgan fingerprint density at radius 2 is 2.15 bits per heavy atom. The van der Waals surface area contributed by atoms with Crippen molar-refractivity contribution < 1.29 is 4.74 Å². The van der Waals surface area contributed by atoms with Gasteiger partial charge in [0.25, 0.3) is 0 Å². The van der Waals surface area contributed by atoms with Crippen molar-refractivity contribution in [2.45, 2.75) is 6.04 Å². The molecule has 0 saturated carbocycles. The molecule has 0 spiro atoms. The van der Waals surface area contributed by atoms with Gasteiger partial charge in [0.15, 0.2) is 11.5 Å². The number of aromatic nitrogens is 4. The summed E-state index contributed by atoms with van der Waals surface area (Å²) in [5.41, 5.74) is 1.66. The molecule has 0 unspecified atom stereocenters. The van der Waals surface area contributed by atoms with Crippen LogP contribution in [-0.4, -0.2) is 70.8 Å². The minimum absolute atomic E-state index is 0.412. The van der Waals surface area contributed by atoms with Crippen LogP contribution >= 0.6 is 0 Å². The highest BCUT2D eigenvalue weighted by Gasteiger charge is 2.32. The predicted molar refractivity (Wildman–Crippen MR) is 74.6 cm³/mol. The Morgan fingerprint density at radius 3 is 3.10 bits per heavy atom. The van der Waals surface area contributed by atoms with E-state index in [2.05, 4.69) is 36.8 Å². The third-order valence-electron chi connectivity index (χ3n) is 4.25. The van der Waals surface area contributed by atoms with E-state index in [0.29, 0.717) is 12.0 Å². The summed E-state index contributed by atoms with van der Waals surface area (Å²) in [6.45, 7) is 4.59. The second-order valence-corrected chi connectivity index (χ2v) is 5.70. The van der Waals surface area contributed by atoms with Gasteiger partial charge in [-0.05, 0) is 7.05 Å². The van der Waals surface area contributed by atoms with Crippen LogP contribution in [0.25, 0.3) is 11.2 Å². The molecule has 0 aliphatic carbocycles. The smallest absolute Gasteiger partial charge is 0.182 e. The quantitative estimate of drug-likeness (QED) is 0.796. The number of aromatic amines is 1. The molecule has 20 heavy (non-hydrogen) atoms. The van der Waals surface area contributed by atoms with Gasteiger partial charge in [0, 0.05) is 25.6 Å². The molecule has 1 N–H and O–H groups in total. The highest BCUT2D eigenvalue weighted by atomic mass is 16.5. The summed E-state index contributed by atoms with van der Waals surface area (Å²) >= 11 is 0. The molecule has 4 rings (SSSR count). The Kier molecular flexibility index (Phi) is 2.82. The van der Waals surface area contributed by atoms with E-state index in [0.717, 1.165) is 49.8 Å². The van der Waals surface area contributed by atoms with Gasteiger partial charge in [-0.15, -0.1) is 0 Å². The second-order valence-electron chi connectivity index (χ2n) is 5.70. The van der Waals surface area contributed by atoms with Crippen LogP contribution in [0.2, 0.25) is 0 Å². The second kappa shape index (κ2) is 4.68. The number of likely N-dealkylation sites (N-methyl/N-ethyl adjacent to an activating group) is 1. The van der Waals surface area contributed by atoms with Gasteiger partial charge in [0.05, 0.1) is 25.6 Å². The summed E-state index contributed by atoms with van der Waals surface area (Å²) in [5, 5.41) is 0. The zero-order valence-electron chi connectivity index (χ0n) is 11.5. The maximum atomic E-state index is 5.77. The van der Waals surface area contributed by atoms with E-state index >= 15 is 0 Å². The van der Waals surface area contributed by atoms with E-state index in [9.17, 15) is 0 Å². The van der Waals surface area contributed by atoms with E-state index in [-0.39, 0.29) is 0 Å². The topological polar surface area (TPSA) is 70.2 Å². The molecule has 2 aromatic rings. The summed E-state index contributed by atoms with van der Waals surface area (Å²) in [5.74, 6) is 1.47. The molecule has 0 aromatic carbocycles. The normalized spacial score (nSPS) is 27.8. The van der Waals surface area contributed by atoms with Crippen LogP contribution in [0.4, 0.5) is 5.82 Å². The fourth-order valence-corrected chi connectivity index (χ4v) is 3.22. The number of anilines is 1. The minimum atomic E-state index is 0.412. The highest BCUT2D eigenvalue weighted by Crippen LogP contribution is 2.25. The Labute approximate surface area is 117 Å². The fraction of sp³-hybridized carbons (Fsp3) is 0.615. The summed E-state index contributed by atoms with van der Waals surface area (Å²) in [6, 6.07) is 0.412. The number of fused-ring (bicyclic) bond motifs is 4. The summed E-state index contributed by atoms with van der Waals surface area (Å²) < 4.78 is 5.77. The lowest BCUT2D eigenvalue weighted by Gasteiger charge is -2.30. The van der Waals surface area contributed by atoms with Crippen molar-refractivity contribution in [3.63, 3.8) is 0 Å². The number of imidazole rings is 1. The monoisotopic (exact) mass is 274 g/mol. The van der Waals surface area contributed by atoms with Crippen LogP contribution in [0.3, 0.4) is 0 Å². The first-order chi connectivity index (χ1) is 9.81. The summed E-state index contributed by atoms with van der Waals surface area (Å²) in [4.78, 5) is 20.8. The van der Waals surface area contributed by atoms with E-state index in [1.54, 1.807) is 12.7 Å². The van der Waals surface area contributed by atoms with Gasteiger partial charge in [-0.1, -0.05) is 0 Å². The number of H-pyrrole nitrogens is 1. The van der Waals surface area contributed by atoms with Gasteiger partial charge in [-0.25, -0.2) is 15.0 Å². The van der Waals surface area contributed by atoms with Crippen LogP contribution < -0.4 is 4.90 Å². The predicted octanol–water partition coefficient (Wildman–Crippen LogP) is 0.120. The lowest BCUT2D eigenvalue weighted by molar-refractivity contribution is 0.0930. The van der Waals surface area contributed by atoms with Crippen molar-refractivity contribution in [3.05, 3.63) is 12.7 Å². The van der Waals surface area contributed by atoms with Crippen molar-refractivity contribution in [1.29, 1.82) is 0 Å². The van der Waals surface area contributed by atoms with Gasteiger partial charge in [-0.3, -0.25) is 4.90 Å². The molecule has 0 amide bonds. The molecule has 2 saturated heterocycles. The zero-order chi connectivity index (χ0) is 13.5. The van der Waals surface area contributed by atoms with Crippen molar-refractivity contribution in [1.82, 2.24) is 24.8 Å². The average molecular weight is 274 g/mol. The number of rotatable bonds is 1. The van der Waals surface area contributed by atoms with Gasteiger partial charge in [0.1, 0.15) is 11.8 Å². The van der Waals surface area contributed by atoms with Gasteiger partial charge >= 0.3 is 0 Å². The Hall–Kier alpha value is -1.73. The zero-order valence-corrected chi connectivity index (χ0v) is 11.5. The fourth-order valence-electron chi connectivity index (χ4n) is 3.22. The van der Waals surface area contributed by atoms with Gasteiger partial charge < -0.3 is 14.6 Å². The van der Waals surface area contributed by atoms with Crippen LogP contribution in [0, 0.1) is 5.92 Å². The van der Waals surface area contributed by atoms with Crippen molar-refractivity contribution >= 4 is 17.0 Å². The third-order valence-corrected chi connectivity index (χ3v) is 4.25. The maximum Gasteiger partial charge on any atom is 0.182 e. The molecule has 0 radical (unpaired) electrons. The Bertz CT molecular complexity index is 614. The van der Waals surface area contributed by atoms with E-state index in [4.69, 9.17) is 4.74 Å². The number of hydrogen-bond donors (Lipinski definition) is 1. The van der Waals surface area contributed by atoms with Crippen molar-refractivity contribution in [2.24, 2.45) is 5.92 Å².